The zero-order valence-electron chi connectivity index (χ0n) is 8.02. The smallest absolute Gasteiger partial charge is 0.132 e. The van der Waals surface area contributed by atoms with E-state index in [0.29, 0.717) is 0 Å². The molecule has 4 heteroatoms. The Morgan fingerprint density at radius 1 is 1.57 bits per heavy atom. The molecule has 0 spiro atoms. The van der Waals surface area contributed by atoms with E-state index in [0.717, 1.165) is 37.3 Å². The van der Waals surface area contributed by atoms with Crippen LogP contribution in [0.2, 0.25) is 0 Å². The van der Waals surface area contributed by atoms with Gasteiger partial charge in [-0.15, -0.1) is 5.10 Å². The predicted molar refractivity (Wildman–Crippen MR) is 49.7 cm³/mol. The van der Waals surface area contributed by atoms with Crippen LogP contribution in [0.25, 0.3) is 0 Å². The third-order valence-electron chi connectivity index (χ3n) is 3.21. The lowest BCUT2D eigenvalue weighted by Gasteiger charge is -1.98. The van der Waals surface area contributed by atoms with Gasteiger partial charge in [-0.25, -0.2) is 0 Å². The monoisotopic (exact) mass is 191 g/mol. The molecule has 2 saturated carbocycles. The van der Waals surface area contributed by atoms with Crippen LogP contribution in [-0.2, 0) is 16.8 Å². The molecular formula is C10H13N3O. The van der Waals surface area contributed by atoms with Crippen molar-refractivity contribution in [2.24, 2.45) is 5.92 Å². The van der Waals surface area contributed by atoms with Crippen LogP contribution in [0.1, 0.15) is 31.4 Å². The summed E-state index contributed by atoms with van der Waals surface area (Å²) in [6.07, 6.45) is 7.48. The van der Waals surface area contributed by atoms with E-state index in [4.69, 9.17) is 0 Å². The number of carbonyl (C=O) groups is 1. The van der Waals surface area contributed by atoms with Crippen molar-refractivity contribution in [2.75, 3.05) is 0 Å². The number of hydrogen-bond acceptors (Lipinski definition) is 3. The molecule has 4 nitrogen and oxygen atoms in total. The molecule has 3 rings (SSSR count). The van der Waals surface area contributed by atoms with Crippen LogP contribution < -0.4 is 0 Å². The van der Waals surface area contributed by atoms with Gasteiger partial charge in [0.25, 0.3) is 0 Å². The van der Waals surface area contributed by atoms with Gasteiger partial charge >= 0.3 is 0 Å². The quantitative estimate of drug-likeness (QED) is 0.665. The number of aldehydes is 1. The molecule has 0 amide bonds. The highest BCUT2D eigenvalue weighted by atomic mass is 16.1. The molecule has 0 aliphatic heterocycles. The molecule has 2 aliphatic carbocycles. The molecule has 0 aromatic carbocycles. The fraction of sp³-hybridized carbons (Fsp3) is 0.700. The summed E-state index contributed by atoms with van der Waals surface area (Å²) in [4.78, 5) is 10.9. The summed E-state index contributed by atoms with van der Waals surface area (Å²) in [7, 11) is 0. The maximum Gasteiger partial charge on any atom is 0.132 e. The minimum atomic E-state index is -0.262. The Labute approximate surface area is 82.3 Å². The first-order valence-electron chi connectivity index (χ1n) is 5.19. The molecule has 1 aromatic heterocycles. The fourth-order valence-corrected chi connectivity index (χ4v) is 1.75. The molecule has 1 aromatic rings. The Balaban J connectivity index is 1.79. The number of rotatable bonds is 4. The third-order valence-corrected chi connectivity index (χ3v) is 3.21. The van der Waals surface area contributed by atoms with Crippen LogP contribution >= 0.6 is 0 Å². The van der Waals surface area contributed by atoms with Gasteiger partial charge in [0.1, 0.15) is 6.29 Å². The minimum absolute atomic E-state index is 0.262. The molecule has 0 unspecified atom stereocenters. The lowest BCUT2D eigenvalue weighted by atomic mass is 10.1. The Bertz CT molecular complexity index is 363. The van der Waals surface area contributed by atoms with Crippen molar-refractivity contribution in [1.82, 2.24) is 15.0 Å². The summed E-state index contributed by atoms with van der Waals surface area (Å²) in [5, 5.41) is 8.14. The lowest BCUT2D eigenvalue weighted by molar-refractivity contribution is -0.109. The van der Waals surface area contributed by atoms with Gasteiger partial charge in [0.15, 0.2) is 0 Å². The maximum atomic E-state index is 10.9. The van der Waals surface area contributed by atoms with Gasteiger partial charge in [-0.1, -0.05) is 5.21 Å². The van der Waals surface area contributed by atoms with E-state index in [1.165, 1.54) is 12.8 Å². The summed E-state index contributed by atoms with van der Waals surface area (Å²) in [6, 6.07) is 0. The van der Waals surface area contributed by atoms with Crippen LogP contribution in [0.15, 0.2) is 6.20 Å². The van der Waals surface area contributed by atoms with Crippen molar-refractivity contribution in [3.05, 3.63) is 11.9 Å². The molecular weight excluding hydrogens is 178 g/mol. The van der Waals surface area contributed by atoms with Gasteiger partial charge < -0.3 is 4.79 Å². The van der Waals surface area contributed by atoms with E-state index in [9.17, 15) is 4.79 Å². The summed E-state index contributed by atoms with van der Waals surface area (Å²) in [5.74, 6) is 0.802. The zero-order chi connectivity index (χ0) is 9.60. The van der Waals surface area contributed by atoms with Crippen molar-refractivity contribution < 1.29 is 4.79 Å². The van der Waals surface area contributed by atoms with Crippen molar-refractivity contribution in [1.29, 1.82) is 0 Å². The van der Waals surface area contributed by atoms with Gasteiger partial charge in [-0.3, -0.25) is 4.68 Å². The van der Waals surface area contributed by atoms with Crippen molar-refractivity contribution >= 4 is 6.29 Å². The number of carbonyl (C=O) groups excluding carboxylic acids is 1. The predicted octanol–water partition coefficient (Wildman–Crippen LogP) is 0.919. The van der Waals surface area contributed by atoms with E-state index in [2.05, 4.69) is 10.3 Å². The second-order valence-corrected chi connectivity index (χ2v) is 4.54. The Hall–Kier alpha value is -1.19. The molecule has 1 heterocycles. The van der Waals surface area contributed by atoms with Crippen LogP contribution in [-0.4, -0.2) is 21.3 Å². The molecule has 2 fully saturated rings. The standard InChI is InChI=1S/C10H13N3O/c14-7-10(3-4-10)9-6-13(12-11-9)5-8-1-2-8/h6-8H,1-5H2. The van der Waals surface area contributed by atoms with Gasteiger partial charge in [0.2, 0.25) is 0 Å². The second kappa shape index (κ2) is 2.65. The minimum Gasteiger partial charge on any atom is -0.302 e. The molecule has 0 bridgehead atoms. The highest BCUT2D eigenvalue weighted by Gasteiger charge is 2.46. The van der Waals surface area contributed by atoms with Crippen LogP contribution in [0, 0.1) is 5.92 Å². The normalized spacial score (nSPS) is 23.4. The van der Waals surface area contributed by atoms with Gasteiger partial charge in [-0.05, 0) is 31.6 Å². The number of hydrogen-bond donors (Lipinski definition) is 0. The van der Waals surface area contributed by atoms with Crippen LogP contribution in [0.4, 0.5) is 0 Å². The second-order valence-electron chi connectivity index (χ2n) is 4.54. The van der Waals surface area contributed by atoms with E-state index < -0.39 is 0 Å². The summed E-state index contributed by atoms with van der Waals surface area (Å²) in [5.41, 5.74) is 0.607. The van der Waals surface area contributed by atoms with Crippen molar-refractivity contribution in [3.8, 4) is 0 Å². The topological polar surface area (TPSA) is 47.8 Å². The Kier molecular flexibility index (Phi) is 1.54. The Morgan fingerprint density at radius 3 is 2.93 bits per heavy atom. The first-order chi connectivity index (χ1) is 6.82. The molecule has 0 N–H and O–H groups in total. The first-order valence-corrected chi connectivity index (χ1v) is 5.19. The van der Waals surface area contributed by atoms with E-state index in [1.807, 2.05) is 10.9 Å². The zero-order valence-corrected chi connectivity index (χ0v) is 8.02. The van der Waals surface area contributed by atoms with Crippen molar-refractivity contribution in [3.63, 3.8) is 0 Å². The molecule has 2 aliphatic rings. The third kappa shape index (κ3) is 1.25. The largest absolute Gasteiger partial charge is 0.302 e. The van der Waals surface area contributed by atoms with Crippen molar-refractivity contribution in [2.45, 2.75) is 37.6 Å². The van der Waals surface area contributed by atoms with Gasteiger partial charge in [0, 0.05) is 12.7 Å². The lowest BCUT2D eigenvalue weighted by Crippen LogP contribution is -2.08. The summed E-state index contributed by atoms with van der Waals surface area (Å²) >= 11 is 0. The van der Waals surface area contributed by atoms with E-state index in [1.54, 1.807) is 0 Å². The molecule has 0 atom stereocenters. The Morgan fingerprint density at radius 2 is 2.36 bits per heavy atom. The average Bonchev–Trinajstić information content (AvgIpc) is 3.08. The summed E-state index contributed by atoms with van der Waals surface area (Å²) in [6.45, 7) is 0.974. The van der Waals surface area contributed by atoms with Gasteiger partial charge in [0.05, 0.1) is 11.1 Å². The maximum absolute atomic E-state index is 10.9. The SMILES string of the molecule is O=CC1(c2cn(CC3CC3)nn2)CC1. The number of nitrogens with zero attached hydrogens (tertiary/aromatic N) is 3. The molecule has 14 heavy (non-hydrogen) atoms. The van der Waals surface area contributed by atoms with Gasteiger partial charge in [-0.2, -0.15) is 0 Å². The average molecular weight is 191 g/mol. The fourth-order valence-electron chi connectivity index (χ4n) is 1.75. The first kappa shape index (κ1) is 8.15. The van der Waals surface area contributed by atoms with Crippen LogP contribution in [0.3, 0.4) is 0 Å². The van der Waals surface area contributed by atoms with Crippen LogP contribution in [0.5, 0.6) is 0 Å². The molecule has 0 saturated heterocycles. The molecule has 0 radical (unpaired) electrons. The van der Waals surface area contributed by atoms with E-state index >= 15 is 0 Å². The highest BCUT2D eigenvalue weighted by molar-refractivity contribution is 5.71. The van der Waals surface area contributed by atoms with E-state index in [-0.39, 0.29) is 5.41 Å². The molecule has 74 valence electrons. The number of aromatic nitrogens is 3. The summed E-state index contributed by atoms with van der Waals surface area (Å²) < 4.78 is 1.89. The highest BCUT2D eigenvalue weighted by Crippen LogP contribution is 2.45.